The highest BCUT2D eigenvalue weighted by molar-refractivity contribution is 6.05. The number of piperazine rings is 1. The summed E-state index contributed by atoms with van der Waals surface area (Å²) in [4.78, 5) is 58.4. The molecular weight excluding hydrogens is 800 g/mol. The van der Waals surface area contributed by atoms with E-state index in [1.165, 1.54) is 17.2 Å². The lowest BCUT2D eigenvalue weighted by Crippen LogP contribution is -2.49. The molecular formula is C49H59FN8O5. The van der Waals surface area contributed by atoms with Crippen molar-refractivity contribution in [2.24, 2.45) is 11.8 Å². The van der Waals surface area contributed by atoms with Crippen LogP contribution in [0.5, 0.6) is 11.6 Å². The first-order valence-corrected chi connectivity index (χ1v) is 22.4. The lowest BCUT2D eigenvalue weighted by atomic mass is 9.76. The molecule has 14 heteroatoms. The van der Waals surface area contributed by atoms with Crippen LogP contribution in [-0.2, 0) is 22.6 Å². The van der Waals surface area contributed by atoms with Gasteiger partial charge in [-0.1, -0.05) is 43.3 Å². The first kappa shape index (κ1) is 44.1. The minimum absolute atomic E-state index is 0.0182. The number of nitrogens with zero attached hydrogens (tertiary/aromatic N) is 5. The number of amides is 2. The highest BCUT2D eigenvalue weighted by atomic mass is 19.1. The van der Waals surface area contributed by atoms with Crippen molar-refractivity contribution in [3.8, 4) is 22.8 Å². The second-order valence-corrected chi connectivity index (χ2v) is 17.6. The van der Waals surface area contributed by atoms with E-state index in [0.717, 1.165) is 101 Å². The molecule has 4 heterocycles. The van der Waals surface area contributed by atoms with E-state index < -0.39 is 11.7 Å². The molecule has 63 heavy (non-hydrogen) atoms. The van der Waals surface area contributed by atoms with Crippen molar-refractivity contribution in [3.05, 3.63) is 107 Å². The van der Waals surface area contributed by atoms with Gasteiger partial charge in [-0.05, 0) is 98.0 Å². The van der Waals surface area contributed by atoms with Crippen LogP contribution in [0.25, 0.3) is 22.2 Å². The topological polar surface area (TPSA) is 145 Å². The Morgan fingerprint density at radius 2 is 1.59 bits per heavy atom. The number of rotatable bonds is 15. The van der Waals surface area contributed by atoms with Crippen LogP contribution in [0.15, 0.2) is 79.3 Å². The van der Waals surface area contributed by atoms with Gasteiger partial charge in [-0.3, -0.25) is 29.1 Å². The van der Waals surface area contributed by atoms with Crippen LogP contribution >= 0.6 is 0 Å². The number of halogens is 1. The maximum Gasteiger partial charge on any atom is 0.253 e. The summed E-state index contributed by atoms with van der Waals surface area (Å²) in [5.41, 5.74) is 6.58. The minimum atomic E-state index is -0.603. The second kappa shape index (κ2) is 20.3. The molecule has 2 amide bonds. The van der Waals surface area contributed by atoms with Gasteiger partial charge in [0.25, 0.3) is 5.91 Å². The fourth-order valence-corrected chi connectivity index (χ4v) is 9.25. The molecule has 1 unspecified atom stereocenters. The number of pyridine rings is 1. The number of hydrogen-bond donors (Lipinski definition) is 3. The van der Waals surface area contributed by atoms with Crippen LogP contribution < -0.4 is 15.4 Å². The summed E-state index contributed by atoms with van der Waals surface area (Å²) in [5, 5.41) is 6.17. The zero-order valence-electron chi connectivity index (χ0n) is 36.6. The molecule has 5 aromatic rings. The van der Waals surface area contributed by atoms with Gasteiger partial charge < -0.3 is 25.1 Å². The van der Waals surface area contributed by atoms with Crippen molar-refractivity contribution in [3.63, 3.8) is 0 Å². The van der Waals surface area contributed by atoms with Gasteiger partial charge in [0.05, 0.1) is 48.9 Å². The number of H-pyrrole nitrogens is 1. The van der Waals surface area contributed by atoms with E-state index in [-0.39, 0.29) is 47.0 Å². The number of nitrogens with one attached hydrogen (secondary N) is 3. The number of benzene rings is 3. The van der Waals surface area contributed by atoms with Gasteiger partial charge in [0.1, 0.15) is 17.1 Å². The predicted octanol–water partition coefficient (Wildman–Crippen LogP) is 6.84. The fourth-order valence-electron chi connectivity index (χ4n) is 9.25. The first-order valence-electron chi connectivity index (χ1n) is 22.4. The number of ether oxygens (including phenoxy) is 2. The van der Waals surface area contributed by atoms with Crippen molar-refractivity contribution in [2.75, 3.05) is 59.0 Å². The molecule has 2 saturated heterocycles. The van der Waals surface area contributed by atoms with Crippen LogP contribution in [0.2, 0.25) is 0 Å². The molecule has 3 aromatic carbocycles. The predicted molar refractivity (Wildman–Crippen MR) is 240 cm³/mol. The molecule has 13 nitrogen and oxygen atoms in total. The first-order chi connectivity index (χ1) is 30.6. The third-order valence-electron chi connectivity index (χ3n) is 12.7. The van der Waals surface area contributed by atoms with E-state index in [1.54, 1.807) is 12.4 Å². The quantitative estimate of drug-likeness (QED) is 0.0958. The van der Waals surface area contributed by atoms with Crippen LogP contribution in [0, 0.1) is 17.7 Å². The van der Waals surface area contributed by atoms with Crippen LogP contribution in [-0.4, -0.2) is 118 Å². The van der Waals surface area contributed by atoms with Crippen LogP contribution in [0.4, 0.5) is 4.39 Å². The van der Waals surface area contributed by atoms with Crippen molar-refractivity contribution in [1.29, 1.82) is 0 Å². The maximum absolute atomic E-state index is 14.8. The third kappa shape index (κ3) is 11.2. The Balaban J connectivity index is 0.929. The summed E-state index contributed by atoms with van der Waals surface area (Å²) in [6.07, 6.45) is 5.61. The number of para-hydroxylation sites is 1. The molecule has 332 valence electrons. The van der Waals surface area contributed by atoms with E-state index in [4.69, 9.17) is 9.47 Å². The molecule has 1 atom stereocenters. The van der Waals surface area contributed by atoms with E-state index in [0.29, 0.717) is 36.6 Å². The molecule has 0 bridgehead atoms. The van der Waals surface area contributed by atoms with Gasteiger partial charge in [-0.15, -0.1) is 0 Å². The van der Waals surface area contributed by atoms with Crippen molar-refractivity contribution in [1.82, 2.24) is 40.3 Å². The van der Waals surface area contributed by atoms with Gasteiger partial charge >= 0.3 is 0 Å². The van der Waals surface area contributed by atoms with E-state index >= 15 is 0 Å². The summed E-state index contributed by atoms with van der Waals surface area (Å²) in [5.74, 6) is -0.683. The Labute approximate surface area is 368 Å². The molecule has 8 rings (SSSR count). The highest BCUT2D eigenvalue weighted by Gasteiger charge is 2.32. The number of imidazole rings is 1. The number of aromatic amines is 1. The zero-order chi connectivity index (χ0) is 43.9. The Morgan fingerprint density at radius 3 is 2.37 bits per heavy atom. The molecule has 1 saturated carbocycles. The van der Waals surface area contributed by atoms with Gasteiger partial charge in [-0.2, -0.15) is 0 Å². The molecule has 0 radical (unpaired) electrons. The number of Topliss-reactive ketones (excluding diaryl/α,β-unsaturated/α-hetero) is 1. The molecule has 0 spiro atoms. The SMILES string of the molecule is CC(C)NC(=O)CN1CCN(Cc2ccc(-c3cccc(Oc4ncc(F)cc4C(=O)C(C)C4CCC(NC(=O)c5cccc6[nH]cnc56)CC4)c3)c(CN3CCOCC3)c2)CC1. The lowest BCUT2D eigenvalue weighted by Gasteiger charge is -2.34. The number of aromatic nitrogens is 3. The van der Waals surface area contributed by atoms with Gasteiger partial charge in [0.15, 0.2) is 5.78 Å². The Kier molecular flexibility index (Phi) is 14.2. The maximum atomic E-state index is 14.8. The normalized spacial score (nSPS) is 19.5. The van der Waals surface area contributed by atoms with Gasteiger partial charge in [-0.25, -0.2) is 14.4 Å². The minimum Gasteiger partial charge on any atom is -0.438 e. The summed E-state index contributed by atoms with van der Waals surface area (Å²) < 4.78 is 26.8. The number of fused-ring (bicyclic) bond motifs is 1. The fraction of sp³-hybridized carbons (Fsp3) is 0.449. The summed E-state index contributed by atoms with van der Waals surface area (Å²) >= 11 is 0. The van der Waals surface area contributed by atoms with Crippen LogP contribution in [0.3, 0.4) is 0 Å². The number of hydrogen-bond acceptors (Lipinski definition) is 10. The number of carbonyl (C=O) groups is 3. The Hall–Kier alpha value is -5.54. The zero-order valence-corrected chi connectivity index (χ0v) is 36.6. The van der Waals surface area contributed by atoms with Crippen LogP contribution in [0.1, 0.15) is 78.3 Å². The second-order valence-electron chi connectivity index (χ2n) is 17.6. The number of carbonyl (C=O) groups excluding carboxylic acids is 3. The number of morpholine rings is 1. The lowest BCUT2D eigenvalue weighted by molar-refractivity contribution is -0.123. The van der Waals surface area contributed by atoms with Gasteiger partial charge in [0, 0.05) is 70.4 Å². The van der Waals surface area contributed by atoms with E-state index in [2.05, 4.69) is 64.6 Å². The monoisotopic (exact) mass is 858 g/mol. The smallest absolute Gasteiger partial charge is 0.253 e. The average Bonchev–Trinajstić information content (AvgIpc) is 3.77. The van der Waals surface area contributed by atoms with Crippen molar-refractivity contribution in [2.45, 2.75) is 71.6 Å². The summed E-state index contributed by atoms with van der Waals surface area (Å²) in [7, 11) is 0. The molecule has 3 N–H and O–H groups in total. The standard InChI is InChI=1S/C49H59FN8O5/c1-32(2)54-45(59)30-57-18-16-56(17-19-57)28-34-10-15-41(37(24-34)29-58-20-22-62-23-21-58)36-6-4-7-40(25-36)63-49-43(26-38(50)27-51-49)47(60)33(3)35-11-13-39(14-12-35)55-48(61)42-8-5-9-44-46(42)53-31-52-44/h4-10,15,24-27,31-33,35,39H,11-14,16-23,28-30H2,1-3H3,(H,52,53)(H,54,59)(H,55,61). The van der Waals surface area contributed by atoms with Gasteiger partial charge in [0.2, 0.25) is 11.8 Å². The average molecular weight is 859 g/mol. The highest BCUT2D eigenvalue weighted by Crippen LogP contribution is 2.36. The Bertz CT molecular complexity index is 2380. The van der Waals surface area contributed by atoms with E-state index in [9.17, 15) is 18.8 Å². The molecule has 3 aliphatic rings. The summed E-state index contributed by atoms with van der Waals surface area (Å²) in [6, 6.07) is 21.3. The summed E-state index contributed by atoms with van der Waals surface area (Å²) in [6.45, 7) is 14.5. The Morgan fingerprint density at radius 1 is 0.841 bits per heavy atom. The van der Waals surface area contributed by atoms with Crippen molar-refractivity contribution < 1.29 is 28.2 Å². The molecule has 2 aromatic heterocycles. The number of ketones is 1. The van der Waals surface area contributed by atoms with Crippen molar-refractivity contribution >= 4 is 28.6 Å². The third-order valence-corrected chi connectivity index (χ3v) is 12.7. The molecule has 1 aliphatic carbocycles. The molecule has 3 fully saturated rings. The molecule has 2 aliphatic heterocycles. The largest absolute Gasteiger partial charge is 0.438 e. The van der Waals surface area contributed by atoms with E-state index in [1.807, 2.05) is 51.1 Å².